The summed E-state index contributed by atoms with van der Waals surface area (Å²) in [6.45, 7) is 0.548. The molecule has 1 aromatic rings. The molecule has 96 valence electrons. The van der Waals surface area contributed by atoms with Crippen molar-refractivity contribution in [2.45, 2.75) is 5.41 Å². The van der Waals surface area contributed by atoms with Crippen LogP contribution in [0.4, 0.5) is 5.69 Å². The number of nitro groups is 1. The first-order valence-electron chi connectivity index (χ1n) is 5.43. The molecule has 7 nitrogen and oxygen atoms in total. The van der Waals surface area contributed by atoms with Gasteiger partial charge in [-0.1, -0.05) is 0 Å². The van der Waals surface area contributed by atoms with Gasteiger partial charge in [-0.05, 0) is 11.6 Å². The van der Waals surface area contributed by atoms with Crippen LogP contribution in [0.1, 0.15) is 5.56 Å². The molecule has 0 aliphatic carbocycles. The van der Waals surface area contributed by atoms with Crippen LogP contribution in [-0.2, 0) is 10.2 Å². The van der Waals surface area contributed by atoms with Gasteiger partial charge in [0.2, 0.25) is 12.5 Å². The molecule has 2 heterocycles. The van der Waals surface area contributed by atoms with Crippen LogP contribution in [0.25, 0.3) is 0 Å². The number of rotatable bonds is 3. The van der Waals surface area contributed by atoms with Crippen molar-refractivity contribution >= 4 is 5.69 Å². The van der Waals surface area contributed by atoms with Gasteiger partial charge < -0.3 is 19.3 Å². The van der Waals surface area contributed by atoms with E-state index >= 15 is 0 Å². The van der Waals surface area contributed by atoms with Gasteiger partial charge in [0, 0.05) is 6.07 Å². The van der Waals surface area contributed by atoms with Gasteiger partial charge in [-0.3, -0.25) is 10.1 Å². The molecule has 0 spiro atoms. The molecule has 18 heavy (non-hydrogen) atoms. The second-order valence-electron chi connectivity index (χ2n) is 4.42. The van der Waals surface area contributed by atoms with E-state index in [1.54, 1.807) is 6.07 Å². The molecule has 0 saturated carbocycles. The van der Waals surface area contributed by atoms with E-state index in [4.69, 9.17) is 14.2 Å². The first-order chi connectivity index (χ1) is 8.66. The lowest BCUT2D eigenvalue weighted by molar-refractivity contribution is -0.385. The Hall–Kier alpha value is -1.86. The van der Waals surface area contributed by atoms with E-state index in [1.807, 2.05) is 0 Å². The van der Waals surface area contributed by atoms with Gasteiger partial charge in [-0.25, -0.2) is 0 Å². The van der Waals surface area contributed by atoms with Crippen LogP contribution in [0, 0.1) is 10.1 Å². The van der Waals surface area contributed by atoms with E-state index in [2.05, 4.69) is 0 Å². The maximum atomic E-state index is 11.0. The monoisotopic (exact) mass is 253 g/mol. The molecule has 1 saturated heterocycles. The lowest BCUT2D eigenvalue weighted by atomic mass is 9.79. The van der Waals surface area contributed by atoms with Crippen molar-refractivity contribution in [3.8, 4) is 11.5 Å². The van der Waals surface area contributed by atoms with Crippen molar-refractivity contribution in [3.05, 3.63) is 27.8 Å². The second kappa shape index (κ2) is 3.82. The van der Waals surface area contributed by atoms with Crippen molar-refractivity contribution in [1.29, 1.82) is 0 Å². The predicted octanol–water partition coefficient (Wildman–Crippen LogP) is 0.584. The Morgan fingerprint density at radius 2 is 2.17 bits per heavy atom. The minimum Gasteiger partial charge on any atom is -0.453 e. The summed E-state index contributed by atoms with van der Waals surface area (Å²) in [7, 11) is 0. The highest BCUT2D eigenvalue weighted by Gasteiger charge is 2.42. The van der Waals surface area contributed by atoms with Crippen LogP contribution < -0.4 is 9.47 Å². The predicted molar refractivity (Wildman–Crippen MR) is 58.8 cm³/mol. The molecule has 1 aromatic carbocycles. The number of benzene rings is 1. The average Bonchev–Trinajstić information content (AvgIpc) is 2.75. The largest absolute Gasteiger partial charge is 0.453 e. The summed E-state index contributed by atoms with van der Waals surface area (Å²) in [6.07, 6.45) is 0. The smallest absolute Gasteiger partial charge is 0.315 e. The molecule has 0 amide bonds. The number of hydrogen-bond donors (Lipinski definition) is 1. The number of hydrogen-bond acceptors (Lipinski definition) is 6. The van der Waals surface area contributed by atoms with E-state index < -0.39 is 10.3 Å². The third kappa shape index (κ3) is 1.44. The molecular weight excluding hydrogens is 242 g/mol. The summed E-state index contributed by atoms with van der Waals surface area (Å²) in [5.41, 5.74) is -0.0573. The average molecular weight is 253 g/mol. The molecule has 0 radical (unpaired) electrons. The Bertz CT molecular complexity index is 505. The van der Waals surface area contributed by atoms with Crippen LogP contribution in [0.2, 0.25) is 0 Å². The fraction of sp³-hybridized carbons (Fsp3) is 0.455. The Labute approximate surface area is 102 Å². The van der Waals surface area contributed by atoms with E-state index in [1.165, 1.54) is 6.07 Å². The van der Waals surface area contributed by atoms with Gasteiger partial charge >= 0.3 is 5.69 Å². The van der Waals surface area contributed by atoms with E-state index in [9.17, 15) is 15.2 Å². The molecule has 0 bridgehead atoms. The molecule has 1 N–H and O–H groups in total. The van der Waals surface area contributed by atoms with Crippen LogP contribution in [0.5, 0.6) is 11.5 Å². The quantitative estimate of drug-likeness (QED) is 0.626. The first-order valence-corrected chi connectivity index (χ1v) is 5.43. The third-order valence-corrected chi connectivity index (χ3v) is 3.32. The summed E-state index contributed by atoms with van der Waals surface area (Å²) in [5.74, 6) is 0.496. The highest BCUT2D eigenvalue weighted by Crippen LogP contribution is 2.45. The van der Waals surface area contributed by atoms with Crippen LogP contribution in [0.15, 0.2) is 12.1 Å². The second-order valence-corrected chi connectivity index (χ2v) is 4.42. The molecule has 2 aliphatic rings. The minimum absolute atomic E-state index is 0.0255. The molecular formula is C11H11NO6. The first kappa shape index (κ1) is 11.2. The van der Waals surface area contributed by atoms with Gasteiger partial charge in [-0.15, -0.1) is 0 Å². The Kier molecular flexibility index (Phi) is 2.39. The Morgan fingerprint density at radius 3 is 2.72 bits per heavy atom. The SMILES string of the molecule is O=[N+]([O-])c1cc(C2(CO)COC2)cc2c1OCO2. The number of aliphatic hydroxyl groups is 1. The maximum Gasteiger partial charge on any atom is 0.315 e. The van der Waals surface area contributed by atoms with Crippen LogP contribution >= 0.6 is 0 Å². The fourth-order valence-electron chi connectivity index (χ4n) is 2.13. The summed E-state index contributed by atoms with van der Waals surface area (Å²) >= 11 is 0. The molecule has 0 unspecified atom stereocenters. The van der Waals surface area contributed by atoms with Gasteiger partial charge in [-0.2, -0.15) is 0 Å². The fourth-order valence-corrected chi connectivity index (χ4v) is 2.13. The minimum atomic E-state index is -0.564. The highest BCUT2D eigenvalue weighted by atomic mass is 16.7. The van der Waals surface area contributed by atoms with E-state index in [0.717, 1.165) is 0 Å². The summed E-state index contributed by atoms with van der Waals surface area (Å²) in [4.78, 5) is 10.5. The van der Waals surface area contributed by atoms with Crippen molar-refractivity contribution in [3.63, 3.8) is 0 Å². The Balaban J connectivity index is 2.12. The molecule has 2 aliphatic heterocycles. The van der Waals surface area contributed by atoms with Crippen molar-refractivity contribution in [1.82, 2.24) is 0 Å². The zero-order chi connectivity index (χ0) is 12.8. The molecule has 0 atom stereocenters. The number of aliphatic hydroxyl groups excluding tert-OH is 1. The van der Waals surface area contributed by atoms with Crippen LogP contribution in [0.3, 0.4) is 0 Å². The highest BCUT2D eigenvalue weighted by molar-refractivity contribution is 5.60. The molecule has 1 fully saturated rings. The number of ether oxygens (including phenoxy) is 3. The van der Waals surface area contributed by atoms with Crippen LogP contribution in [-0.4, -0.2) is 36.6 Å². The van der Waals surface area contributed by atoms with E-state index in [-0.39, 0.29) is 24.8 Å². The van der Waals surface area contributed by atoms with Crippen molar-refractivity contribution in [2.75, 3.05) is 26.6 Å². The van der Waals surface area contributed by atoms with Crippen molar-refractivity contribution in [2.24, 2.45) is 0 Å². The van der Waals surface area contributed by atoms with E-state index in [0.29, 0.717) is 24.5 Å². The summed E-state index contributed by atoms with van der Waals surface area (Å²) < 4.78 is 15.4. The number of fused-ring (bicyclic) bond motifs is 1. The number of nitro benzene ring substituents is 1. The summed E-state index contributed by atoms with van der Waals surface area (Å²) in [5, 5.41) is 20.5. The maximum absolute atomic E-state index is 11.0. The van der Waals surface area contributed by atoms with Crippen molar-refractivity contribution < 1.29 is 24.2 Å². The van der Waals surface area contributed by atoms with Gasteiger partial charge in [0.1, 0.15) is 0 Å². The lowest BCUT2D eigenvalue weighted by Crippen LogP contribution is -2.49. The molecule has 3 rings (SSSR count). The lowest BCUT2D eigenvalue weighted by Gasteiger charge is -2.40. The number of nitrogens with zero attached hydrogens (tertiary/aromatic N) is 1. The topological polar surface area (TPSA) is 91.1 Å². The normalized spacial score (nSPS) is 19.4. The molecule has 7 heteroatoms. The van der Waals surface area contributed by atoms with Gasteiger partial charge in [0.15, 0.2) is 5.75 Å². The third-order valence-electron chi connectivity index (χ3n) is 3.32. The van der Waals surface area contributed by atoms with Gasteiger partial charge in [0.25, 0.3) is 0 Å². The Morgan fingerprint density at radius 1 is 1.39 bits per heavy atom. The van der Waals surface area contributed by atoms with Gasteiger partial charge in [0.05, 0.1) is 30.2 Å². The summed E-state index contributed by atoms with van der Waals surface area (Å²) in [6, 6.07) is 3.10. The molecule has 0 aromatic heterocycles. The standard InChI is InChI=1S/C11H11NO6/c13-3-11(4-16-5-11)7-1-8(12(14)15)10-9(2-7)17-6-18-10/h1-2,13H,3-6H2. The zero-order valence-corrected chi connectivity index (χ0v) is 9.42. The zero-order valence-electron chi connectivity index (χ0n) is 9.42.